The molecule has 1 fully saturated rings. The lowest BCUT2D eigenvalue weighted by Gasteiger charge is -2.31. The minimum atomic E-state index is -2.93. The number of aromatic nitrogens is 2. The Bertz CT molecular complexity index is 487. The van der Waals surface area contributed by atoms with Gasteiger partial charge in [0.2, 0.25) is 5.89 Å². The number of nitrogens with zero attached hydrogens (tertiary/aromatic N) is 3. The van der Waals surface area contributed by atoms with Crippen LogP contribution in [-0.4, -0.2) is 48.6 Å². The van der Waals surface area contributed by atoms with Gasteiger partial charge >= 0.3 is 6.01 Å². The first-order chi connectivity index (χ1) is 8.02. The van der Waals surface area contributed by atoms with E-state index in [2.05, 4.69) is 10.2 Å². The van der Waals surface area contributed by atoms with Crippen molar-refractivity contribution in [3.8, 4) is 0 Å². The van der Waals surface area contributed by atoms with E-state index in [0.29, 0.717) is 30.8 Å². The third-order valence-electron chi connectivity index (χ3n) is 2.68. The fraction of sp³-hybridized carbons (Fsp3) is 0.778. The van der Waals surface area contributed by atoms with Crippen molar-refractivity contribution in [2.24, 2.45) is 0 Å². The molecular weight excluding hydrogens is 266 g/mol. The van der Waals surface area contributed by atoms with Gasteiger partial charge in [-0.3, -0.25) is 0 Å². The van der Waals surface area contributed by atoms with E-state index in [4.69, 9.17) is 16.0 Å². The molecule has 1 aliphatic rings. The standard InChI is InChI=1S/C9H14ClN3O3S/c1-7-6-17(14,15)5-4-13(7)9-12-11-8(16-9)2-3-10/h7H,2-6H2,1H3. The molecule has 6 nitrogen and oxygen atoms in total. The molecule has 2 heterocycles. The average molecular weight is 280 g/mol. The van der Waals surface area contributed by atoms with Crippen LogP contribution in [0.3, 0.4) is 0 Å². The van der Waals surface area contributed by atoms with Crippen LogP contribution < -0.4 is 4.90 Å². The van der Waals surface area contributed by atoms with Crippen LogP contribution in [0.5, 0.6) is 0 Å². The summed E-state index contributed by atoms with van der Waals surface area (Å²) in [7, 11) is -2.93. The Kier molecular flexibility index (Phi) is 3.58. The molecule has 0 aliphatic carbocycles. The van der Waals surface area contributed by atoms with E-state index in [0.717, 1.165) is 0 Å². The van der Waals surface area contributed by atoms with Gasteiger partial charge in [-0.25, -0.2) is 8.42 Å². The molecule has 0 amide bonds. The van der Waals surface area contributed by atoms with Crippen molar-refractivity contribution in [3.63, 3.8) is 0 Å². The minimum absolute atomic E-state index is 0.125. The third-order valence-corrected chi connectivity index (χ3v) is 4.66. The summed E-state index contributed by atoms with van der Waals surface area (Å²) in [6.07, 6.45) is 0.523. The molecular formula is C9H14ClN3O3S. The largest absolute Gasteiger partial charge is 0.408 e. The molecule has 1 saturated heterocycles. The average Bonchev–Trinajstić information content (AvgIpc) is 2.65. The normalized spacial score (nSPS) is 23.9. The maximum Gasteiger partial charge on any atom is 0.318 e. The van der Waals surface area contributed by atoms with E-state index >= 15 is 0 Å². The quantitative estimate of drug-likeness (QED) is 0.749. The van der Waals surface area contributed by atoms with Crippen LogP contribution >= 0.6 is 11.6 Å². The third kappa shape index (κ3) is 2.90. The van der Waals surface area contributed by atoms with Crippen molar-refractivity contribution in [3.05, 3.63) is 5.89 Å². The smallest absolute Gasteiger partial charge is 0.318 e. The van der Waals surface area contributed by atoms with Crippen molar-refractivity contribution in [1.82, 2.24) is 10.2 Å². The summed E-state index contributed by atoms with van der Waals surface area (Å²) in [5, 5.41) is 7.77. The zero-order valence-corrected chi connectivity index (χ0v) is 11.0. The van der Waals surface area contributed by atoms with Gasteiger partial charge < -0.3 is 9.32 Å². The van der Waals surface area contributed by atoms with Crippen molar-refractivity contribution < 1.29 is 12.8 Å². The number of aryl methyl sites for hydroxylation is 1. The Balaban J connectivity index is 2.12. The first-order valence-corrected chi connectivity index (χ1v) is 7.73. The molecule has 0 bridgehead atoms. The van der Waals surface area contributed by atoms with Crippen LogP contribution in [0.25, 0.3) is 0 Å². The van der Waals surface area contributed by atoms with Gasteiger partial charge in [-0.15, -0.1) is 16.7 Å². The number of rotatable bonds is 3. The van der Waals surface area contributed by atoms with Crippen molar-refractivity contribution in [1.29, 1.82) is 0 Å². The fourth-order valence-corrected chi connectivity index (χ4v) is 3.54. The Morgan fingerprint density at radius 3 is 2.94 bits per heavy atom. The monoisotopic (exact) mass is 279 g/mol. The lowest BCUT2D eigenvalue weighted by atomic mass is 10.3. The van der Waals surface area contributed by atoms with Crippen LogP contribution in [-0.2, 0) is 16.3 Å². The van der Waals surface area contributed by atoms with Gasteiger partial charge in [-0.05, 0) is 6.92 Å². The van der Waals surface area contributed by atoms with E-state index in [-0.39, 0.29) is 17.5 Å². The second-order valence-corrected chi connectivity index (χ2v) is 6.68. The van der Waals surface area contributed by atoms with E-state index in [1.165, 1.54) is 0 Å². The summed E-state index contributed by atoms with van der Waals surface area (Å²) in [5.41, 5.74) is 0. The molecule has 2 rings (SSSR count). The Labute approximate surface area is 105 Å². The topological polar surface area (TPSA) is 76.3 Å². The van der Waals surface area contributed by atoms with E-state index < -0.39 is 9.84 Å². The lowest BCUT2D eigenvalue weighted by Crippen LogP contribution is -2.47. The molecule has 17 heavy (non-hydrogen) atoms. The summed E-state index contributed by atoms with van der Waals surface area (Å²) in [6.45, 7) is 2.23. The predicted octanol–water partition coefficient (Wildman–Crippen LogP) is 0.474. The minimum Gasteiger partial charge on any atom is -0.408 e. The summed E-state index contributed by atoms with van der Waals surface area (Å²) in [4.78, 5) is 1.83. The number of alkyl halides is 1. The summed E-state index contributed by atoms with van der Waals surface area (Å²) in [5.74, 6) is 1.16. The van der Waals surface area contributed by atoms with Gasteiger partial charge in [0.15, 0.2) is 9.84 Å². The highest BCUT2D eigenvalue weighted by atomic mass is 35.5. The van der Waals surface area contributed by atoms with Gasteiger partial charge in [0, 0.05) is 24.9 Å². The summed E-state index contributed by atoms with van der Waals surface area (Å²) >= 11 is 5.58. The highest BCUT2D eigenvalue weighted by molar-refractivity contribution is 7.91. The first kappa shape index (κ1) is 12.6. The molecule has 1 unspecified atom stereocenters. The summed E-state index contributed by atoms with van der Waals surface area (Å²) < 4.78 is 28.3. The molecule has 0 spiro atoms. The van der Waals surface area contributed by atoms with Crippen molar-refractivity contribution in [2.75, 3.05) is 28.8 Å². The number of anilines is 1. The SMILES string of the molecule is CC1CS(=O)(=O)CCN1c1nnc(CCCl)o1. The lowest BCUT2D eigenvalue weighted by molar-refractivity contribution is 0.472. The van der Waals surface area contributed by atoms with Crippen LogP contribution in [0.15, 0.2) is 4.42 Å². The highest BCUT2D eigenvalue weighted by Crippen LogP contribution is 2.20. The maximum atomic E-state index is 11.4. The zero-order valence-electron chi connectivity index (χ0n) is 9.47. The number of sulfone groups is 1. The van der Waals surface area contributed by atoms with E-state index in [1.54, 1.807) is 0 Å². The molecule has 0 aromatic carbocycles. The second kappa shape index (κ2) is 4.81. The van der Waals surface area contributed by atoms with Crippen LogP contribution in [0.1, 0.15) is 12.8 Å². The van der Waals surface area contributed by atoms with Gasteiger partial charge in [0.05, 0.1) is 11.5 Å². The van der Waals surface area contributed by atoms with Gasteiger partial charge in [-0.2, -0.15) is 0 Å². The Hall–Kier alpha value is -0.820. The Morgan fingerprint density at radius 2 is 2.29 bits per heavy atom. The molecule has 8 heteroatoms. The molecule has 1 atom stereocenters. The molecule has 96 valence electrons. The number of hydrogen-bond donors (Lipinski definition) is 0. The van der Waals surface area contributed by atoms with Gasteiger partial charge in [0.25, 0.3) is 0 Å². The number of halogens is 1. The number of hydrogen-bond acceptors (Lipinski definition) is 6. The molecule has 0 saturated carbocycles. The molecule has 1 aliphatic heterocycles. The van der Waals surface area contributed by atoms with Crippen LogP contribution in [0.4, 0.5) is 6.01 Å². The molecule has 1 aromatic rings. The summed E-state index contributed by atoms with van der Waals surface area (Å²) in [6, 6.07) is 0.241. The highest BCUT2D eigenvalue weighted by Gasteiger charge is 2.31. The van der Waals surface area contributed by atoms with Gasteiger partial charge in [-0.1, -0.05) is 5.10 Å². The van der Waals surface area contributed by atoms with Crippen LogP contribution in [0.2, 0.25) is 0 Å². The molecule has 0 radical (unpaired) electrons. The van der Waals surface area contributed by atoms with Crippen molar-refractivity contribution in [2.45, 2.75) is 19.4 Å². The Morgan fingerprint density at radius 1 is 1.53 bits per heavy atom. The van der Waals surface area contributed by atoms with Crippen LogP contribution in [0, 0.1) is 0 Å². The maximum absolute atomic E-state index is 11.4. The second-order valence-electron chi connectivity index (χ2n) is 4.07. The van der Waals surface area contributed by atoms with Crippen molar-refractivity contribution >= 4 is 27.5 Å². The first-order valence-electron chi connectivity index (χ1n) is 5.37. The van der Waals surface area contributed by atoms with E-state index in [9.17, 15) is 8.42 Å². The predicted molar refractivity (Wildman–Crippen MR) is 64.2 cm³/mol. The zero-order chi connectivity index (χ0) is 12.5. The molecule has 1 aromatic heterocycles. The molecule has 0 N–H and O–H groups in total. The van der Waals surface area contributed by atoms with E-state index in [1.807, 2.05) is 11.8 Å². The van der Waals surface area contributed by atoms with Gasteiger partial charge in [0.1, 0.15) is 0 Å². The fourth-order valence-electron chi connectivity index (χ4n) is 1.83.